The molecule has 0 saturated carbocycles. The van der Waals surface area contributed by atoms with E-state index in [1.54, 1.807) is 0 Å². The van der Waals surface area contributed by atoms with Crippen LogP contribution in [0, 0.1) is 0 Å². The van der Waals surface area contributed by atoms with E-state index in [1.165, 1.54) is 212 Å². The molecule has 0 heterocycles. The molecule has 0 aromatic heterocycles. The first-order chi connectivity index (χ1) is 22.2. The van der Waals surface area contributed by atoms with Crippen LogP contribution in [0.25, 0.3) is 0 Å². The third-order valence-corrected chi connectivity index (χ3v) is 9.60. The van der Waals surface area contributed by atoms with Gasteiger partial charge in [0.2, 0.25) is 0 Å². The Kier molecular flexibility index (Phi) is 38.0. The highest BCUT2D eigenvalue weighted by Crippen LogP contribution is 2.17. The molecule has 5 heteroatoms. The molecule has 0 aromatic rings. The van der Waals surface area contributed by atoms with Crippen molar-refractivity contribution < 1.29 is 14.8 Å². The van der Waals surface area contributed by atoms with Gasteiger partial charge in [-0.15, -0.1) is 0 Å². The Morgan fingerprint density at radius 2 is 0.622 bits per heavy atom. The number of carbonyl (C=O) groups is 1. The molecule has 0 saturated heterocycles. The standard InChI is InChI=1S/C40H78N2O3/c1-2-3-4-5-6-7-8-9-10-11-12-13-14-15-16-17-18-19-20-21-22-23-24-25-26-27-28-29-30-31-32-33-34-35-36-37-38-40(44)42(45)41-39-43/h45H,2-38H2,1H3. The van der Waals surface area contributed by atoms with Gasteiger partial charge in [0.05, 0.1) is 0 Å². The van der Waals surface area contributed by atoms with Crippen molar-refractivity contribution in [2.75, 3.05) is 0 Å². The average Bonchev–Trinajstić information content (AvgIpc) is 3.04. The molecular weight excluding hydrogens is 556 g/mol. The van der Waals surface area contributed by atoms with Crippen LogP contribution in [0.3, 0.4) is 0 Å². The quantitative estimate of drug-likeness (QED) is 0.0241. The molecule has 0 spiro atoms. The number of hydroxylamine groups is 1. The second-order valence-electron chi connectivity index (χ2n) is 14.0. The fourth-order valence-electron chi connectivity index (χ4n) is 6.55. The molecule has 5 nitrogen and oxygen atoms in total. The first-order valence-electron chi connectivity index (χ1n) is 20.3. The Balaban J connectivity index is 3.10. The Morgan fingerprint density at radius 1 is 0.422 bits per heavy atom. The van der Waals surface area contributed by atoms with E-state index in [4.69, 9.17) is 5.21 Å². The predicted octanol–water partition coefficient (Wildman–Crippen LogP) is 13.9. The van der Waals surface area contributed by atoms with E-state index >= 15 is 0 Å². The SMILES string of the molecule is CCCCCCCCCCCCCCCCCCCCCCCCCCCCCCCCCCCCCCC(=O)N(O)N=C=O. The average molecular weight is 635 g/mol. The summed E-state index contributed by atoms with van der Waals surface area (Å²) < 4.78 is 0. The highest BCUT2D eigenvalue weighted by molar-refractivity contribution is 5.74. The molecule has 0 atom stereocenters. The first-order valence-corrected chi connectivity index (χ1v) is 20.3. The minimum atomic E-state index is -0.542. The van der Waals surface area contributed by atoms with E-state index in [-0.39, 0.29) is 11.6 Å². The second kappa shape index (κ2) is 39.0. The number of rotatable bonds is 38. The topological polar surface area (TPSA) is 70.0 Å². The molecule has 1 amide bonds. The van der Waals surface area contributed by atoms with Gasteiger partial charge in [-0.05, 0) is 6.42 Å². The summed E-state index contributed by atoms with van der Waals surface area (Å²) in [6, 6.07) is 0. The number of hydrazone groups is 1. The Labute approximate surface area is 281 Å². The number of isocyanates is 1. The maximum absolute atomic E-state index is 11.4. The number of nitrogens with zero attached hydrogens (tertiary/aromatic N) is 2. The van der Waals surface area contributed by atoms with Crippen molar-refractivity contribution in [2.24, 2.45) is 5.10 Å². The van der Waals surface area contributed by atoms with Crippen LogP contribution in [0.4, 0.5) is 0 Å². The summed E-state index contributed by atoms with van der Waals surface area (Å²) in [5.41, 5.74) is 0. The molecule has 0 aliphatic heterocycles. The molecular formula is C40H78N2O3. The van der Waals surface area contributed by atoms with E-state index in [9.17, 15) is 9.59 Å². The molecule has 0 bridgehead atoms. The number of unbranched alkanes of at least 4 members (excludes halogenated alkanes) is 35. The monoisotopic (exact) mass is 635 g/mol. The smallest absolute Gasteiger partial charge is 0.269 e. The summed E-state index contributed by atoms with van der Waals surface area (Å²) in [6.45, 7) is 2.30. The normalized spacial score (nSPS) is 11.2. The molecule has 0 aliphatic carbocycles. The van der Waals surface area contributed by atoms with Crippen LogP contribution >= 0.6 is 0 Å². The van der Waals surface area contributed by atoms with Gasteiger partial charge in [0.15, 0.2) is 0 Å². The minimum absolute atomic E-state index is 0.0945. The zero-order valence-corrected chi connectivity index (χ0v) is 30.3. The van der Waals surface area contributed by atoms with E-state index < -0.39 is 5.91 Å². The van der Waals surface area contributed by atoms with Crippen LogP contribution in [0.5, 0.6) is 0 Å². The molecule has 0 radical (unpaired) electrons. The maximum Gasteiger partial charge on any atom is 0.269 e. The number of hydrogen-bond acceptors (Lipinski definition) is 4. The molecule has 266 valence electrons. The van der Waals surface area contributed by atoms with Crippen molar-refractivity contribution in [1.82, 2.24) is 5.17 Å². The molecule has 0 rings (SSSR count). The van der Waals surface area contributed by atoms with E-state index in [2.05, 4.69) is 12.0 Å². The lowest BCUT2D eigenvalue weighted by molar-refractivity contribution is -0.165. The van der Waals surface area contributed by atoms with Gasteiger partial charge in [-0.25, -0.2) is 4.79 Å². The highest BCUT2D eigenvalue weighted by atomic mass is 16.5. The van der Waals surface area contributed by atoms with E-state index in [1.807, 2.05) is 0 Å². The number of carbonyl (C=O) groups excluding carboxylic acids is 2. The van der Waals surface area contributed by atoms with Gasteiger partial charge >= 0.3 is 0 Å². The predicted molar refractivity (Wildman–Crippen MR) is 193 cm³/mol. The Bertz CT molecular complexity index is 635. The van der Waals surface area contributed by atoms with Gasteiger partial charge in [-0.3, -0.25) is 10.0 Å². The first kappa shape index (κ1) is 43.8. The van der Waals surface area contributed by atoms with Crippen molar-refractivity contribution in [3.63, 3.8) is 0 Å². The van der Waals surface area contributed by atoms with Crippen molar-refractivity contribution in [2.45, 2.75) is 244 Å². The Morgan fingerprint density at radius 3 is 0.822 bits per heavy atom. The minimum Gasteiger partial charge on any atom is -0.270 e. The van der Waals surface area contributed by atoms with Gasteiger partial charge in [-0.1, -0.05) is 242 Å². The summed E-state index contributed by atoms with van der Waals surface area (Å²) >= 11 is 0. The zero-order valence-electron chi connectivity index (χ0n) is 30.3. The van der Waals surface area contributed by atoms with E-state index in [0.29, 0.717) is 0 Å². The molecule has 45 heavy (non-hydrogen) atoms. The van der Waals surface area contributed by atoms with Crippen LogP contribution < -0.4 is 0 Å². The van der Waals surface area contributed by atoms with Gasteiger partial charge in [-0.2, -0.15) is 0 Å². The third-order valence-electron chi connectivity index (χ3n) is 9.60. The Hall–Kier alpha value is -1.19. The summed E-state index contributed by atoms with van der Waals surface area (Å²) in [5.74, 6) is -0.542. The van der Waals surface area contributed by atoms with Crippen molar-refractivity contribution in [3.05, 3.63) is 0 Å². The van der Waals surface area contributed by atoms with Gasteiger partial charge < -0.3 is 0 Å². The summed E-state index contributed by atoms with van der Waals surface area (Å²) in [6.07, 6.45) is 51.4. The lowest BCUT2D eigenvalue weighted by Crippen LogP contribution is -2.20. The van der Waals surface area contributed by atoms with Crippen molar-refractivity contribution >= 4 is 12.0 Å². The second-order valence-corrected chi connectivity index (χ2v) is 14.0. The maximum atomic E-state index is 11.4. The van der Waals surface area contributed by atoms with Crippen molar-refractivity contribution in [1.29, 1.82) is 0 Å². The number of amides is 1. The van der Waals surface area contributed by atoms with Gasteiger partial charge in [0.25, 0.3) is 12.0 Å². The fourth-order valence-corrected chi connectivity index (χ4v) is 6.55. The molecule has 0 aromatic carbocycles. The third kappa shape index (κ3) is 37.1. The molecule has 0 fully saturated rings. The highest BCUT2D eigenvalue weighted by Gasteiger charge is 2.08. The lowest BCUT2D eigenvalue weighted by Gasteiger charge is -2.06. The fraction of sp³-hybridized carbons (Fsp3) is 0.950. The van der Waals surface area contributed by atoms with Crippen LogP contribution in [0.1, 0.15) is 244 Å². The van der Waals surface area contributed by atoms with Crippen molar-refractivity contribution in [3.8, 4) is 0 Å². The number of hydrogen-bond donors (Lipinski definition) is 1. The molecule has 1 N–H and O–H groups in total. The van der Waals surface area contributed by atoms with Crippen LogP contribution in [0.2, 0.25) is 0 Å². The summed E-state index contributed by atoms with van der Waals surface area (Å²) in [5, 5.41) is 12.1. The summed E-state index contributed by atoms with van der Waals surface area (Å²) in [4.78, 5) is 21.4. The lowest BCUT2D eigenvalue weighted by atomic mass is 10.0. The van der Waals surface area contributed by atoms with Crippen LogP contribution in [-0.2, 0) is 9.59 Å². The molecule has 0 aliphatic rings. The van der Waals surface area contributed by atoms with Crippen LogP contribution in [0.15, 0.2) is 5.10 Å². The zero-order chi connectivity index (χ0) is 32.7. The largest absolute Gasteiger partial charge is 0.270 e. The molecule has 0 unspecified atom stereocenters. The van der Waals surface area contributed by atoms with Gasteiger partial charge in [0.1, 0.15) is 0 Å². The summed E-state index contributed by atoms with van der Waals surface area (Å²) in [7, 11) is 0. The van der Waals surface area contributed by atoms with E-state index in [0.717, 1.165) is 25.3 Å². The van der Waals surface area contributed by atoms with Crippen LogP contribution in [-0.4, -0.2) is 22.4 Å². The van der Waals surface area contributed by atoms with Gasteiger partial charge in [0, 0.05) is 6.42 Å².